The smallest absolute Gasteiger partial charge is 0.232 e. The second-order valence-corrected chi connectivity index (χ2v) is 9.65. The fourth-order valence-corrected chi connectivity index (χ4v) is 4.73. The van der Waals surface area contributed by atoms with E-state index < -0.39 is 5.41 Å². The van der Waals surface area contributed by atoms with Gasteiger partial charge in [-0.1, -0.05) is 23.7 Å². The van der Waals surface area contributed by atoms with Gasteiger partial charge in [-0.15, -0.1) is 0 Å². The van der Waals surface area contributed by atoms with Crippen molar-refractivity contribution in [2.24, 2.45) is 5.41 Å². The summed E-state index contributed by atoms with van der Waals surface area (Å²) >= 11 is 6.05. The Balaban J connectivity index is 1.41. The summed E-state index contributed by atoms with van der Waals surface area (Å²) in [6, 6.07) is 9.66. The first-order valence-electron chi connectivity index (χ1n) is 10.5. The minimum Gasteiger partial charge on any atom is -0.354 e. The van der Waals surface area contributed by atoms with E-state index in [4.69, 9.17) is 11.6 Å². The summed E-state index contributed by atoms with van der Waals surface area (Å²) in [6.07, 6.45) is 5.81. The lowest BCUT2D eigenvalue weighted by atomic mass is 9.83. The molecule has 1 saturated carbocycles. The van der Waals surface area contributed by atoms with E-state index in [2.05, 4.69) is 24.8 Å². The lowest BCUT2D eigenvalue weighted by Gasteiger charge is -2.33. The molecule has 1 N–H and O–H groups in total. The van der Waals surface area contributed by atoms with Gasteiger partial charge in [0.05, 0.1) is 10.8 Å². The third-order valence-corrected chi connectivity index (χ3v) is 6.92. The van der Waals surface area contributed by atoms with Crippen LogP contribution in [0, 0.1) is 5.41 Å². The minimum atomic E-state index is -0.599. The zero-order chi connectivity index (χ0) is 20.9. The molecule has 7 heteroatoms. The molecule has 3 aromatic rings. The zero-order valence-corrected chi connectivity index (χ0v) is 18.1. The van der Waals surface area contributed by atoms with Crippen molar-refractivity contribution in [1.82, 2.24) is 19.9 Å². The molecule has 3 heterocycles. The summed E-state index contributed by atoms with van der Waals surface area (Å²) < 4.78 is 0. The normalized spacial score (nSPS) is 18.6. The molecule has 5 rings (SSSR count). The number of aromatic amines is 1. The molecule has 0 atom stereocenters. The van der Waals surface area contributed by atoms with Crippen LogP contribution in [0.2, 0.25) is 5.02 Å². The summed E-state index contributed by atoms with van der Waals surface area (Å²) in [5, 5.41) is 1.72. The highest BCUT2D eigenvalue weighted by molar-refractivity contribution is 6.30. The number of hydrogen-bond acceptors (Lipinski definition) is 4. The van der Waals surface area contributed by atoms with E-state index in [1.165, 1.54) is 0 Å². The highest BCUT2D eigenvalue weighted by Gasteiger charge is 2.49. The number of carbonyl (C=O) groups excluding carboxylic acids is 1. The van der Waals surface area contributed by atoms with Crippen LogP contribution in [0.15, 0.2) is 42.9 Å². The van der Waals surface area contributed by atoms with E-state index in [0.29, 0.717) is 11.6 Å². The standard InChI is InChI=1S/C23H26ClN5O/c1-22(2,16-3-5-17(24)6-4-16)21(30)29-12-11-28(13-23(14-29)8-9-23)20-18-7-10-25-19(18)26-15-27-20/h3-7,10,15H,8-9,11-14H2,1-2H3,(H,25,26,27). The van der Waals surface area contributed by atoms with Gasteiger partial charge in [0.15, 0.2) is 0 Å². The Kier molecular flexibility index (Phi) is 4.51. The maximum Gasteiger partial charge on any atom is 0.232 e. The van der Waals surface area contributed by atoms with Gasteiger partial charge in [0.1, 0.15) is 17.8 Å². The van der Waals surface area contributed by atoms with Gasteiger partial charge in [-0.2, -0.15) is 0 Å². The van der Waals surface area contributed by atoms with E-state index in [1.807, 2.05) is 50.4 Å². The molecule has 0 bridgehead atoms. The van der Waals surface area contributed by atoms with Crippen molar-refractivity contribution in [2.45, 2.75) is 32.1 Å². The number of nitrogens with one attached hydrogen (secondary N) is 1. The van der Waals surface area contributed by atoms with Crippen LogP contribution in [-0.2, 0) is 10.2 Å². The number of anilines is 1. The van der Waals surface area contributed by atoms with E-state index in [-0.39, 0.29) is 11.3 Å². The number of benzene rings is 1. The predicted octanol–water partition coefficient (Wildman–Crippen LogP) is 4.02. The summed E-state index contributed by atoms with van der Waals surface area (Å²) in [5.74, 6) is 1.13. The molecule has 30 heavy (non-hydrogen) atoms. The van der Waals surface area contributed by atoms with Crippen LogP contribution in [0.3, 0.4) is 0 Å². The Hall–Kier alpha value is -2.60. The molecule has 1 aliphatic carbocycles. The lowest BCUT2D eigenvalue weighted by molar-refractivity contribution is -0.136. The molecule has 2 aliphatic rings. The van der Waals surface area contributed by atoms with Crippen molar-refractivity contribution in [1.29, 1.82) is 0 Å². The number of carbonyl (C=O) groups is 1. The molecule has 0 unspecified atom stereocenters. The van der Waals surface area contributed by atoms with E-state index in [9.17, 15) is 4.79 Å². The average molecular weight is 424 g/mol. The molecule has 156 valence electrons. The molecule has 0 radical (unpaired) electrons. The van der Waals surface area contributed by atoms with Crippen LogP contribution >= 0.6 is 11.6 Å². The molecule has 1 spiro atoms. The molecule has 1 aromatic carbocycles. The quantitative estimate of drug-likeness (QED) is 0.691. The topological polar surface area (TPSA) is 65.1 Å². The SMILES string of the molecule is CC(C)(C(=O)N1CCN(c2ncnc3[nH]ccc23)CC2(CC2)C1)c1ccc(Cl)cc1. The lowest BCUT2D eigenvalue weighted by Crippen LogP contribution is -2.46. The summed E-state index contributed by atoms with van der Waals surface area (Å²) in [7, 11) is 0. The van der Waals surface area contributed by atoms with Crippen LogP contribution in [0.5, 0.6) is 0 Å². The third-order valence-electron chi connectivity index (χ3n) is 6.67. The maximum absolute atomic E-state index is 13.6. The van der Waals surface area contributed by atoms with Crippen molar-refractivity contribution in [3.05, 3.63) is 53.4 Å². The van der Waals surface area contributed by atoms with Crippen LogP contribution in [0.1, 0.15) is 32.3 Å². The minimum absolute atomic E-state index is 0.163. The fraction of sp³-hybridized carbons (Fsp3) is 0.435. The predicted molar refractivity (Wildman–Crippen MR) is 119 cm³/mol. The molecule has 2 fully saturated rings. The molecule has 1 aliphatic heterocycles. The van der Waals surface area contributed by atoms with Crippen molar-refractivity contribution in [3.8, 4) is 0 Å². The monoisotopic (exact) mass is 423 g/mol. The van der Waals surface area contributed by atoms with E-state index >= 15 is 0 Å². The Morgan fingerprint density at radius 1 is 1.10 bits per heavy atom. The summed E-state index contributed by atoms with van der Waals surface area (Å²) in [5.41, 5.74) is 1.41. The highest BCUT2D eigenvalue weighted by atomic mass is 35.5. The molecule has 2 aromatic heterocycles. The number of hydrogen-bond donors (Lipinski definition) is 1. The second kappa shape index (κ2) is 6.98. The van der Waals surface area contributed by atoms with Gasteiger partial charge in [-0.05, 0) is 50.5 Å². The fourth-order valence-electron chi connectivity index (χ4n) is 4.60. The van der Waals surface area contributed by atoms with Crippen LogP contribution in [-0.4, -0.2) is 51.9 Å². The van der Waals surface area contributed by atoms with Crippen LogP contribution in [0.25, 0.3) is 11.0 Å². The molecule has 1 amide bonds. The number of aromatic nitrogens is 3. The molecule has 6 nitrogen and oxygen atoms in total. The van der Waals surface area contributed by atoms with Crippen molar-refractivity contribution >= 4 is 34.4 Å². The Morgan fingerprint density at radius 2 is 1.87 bits per heavy atom. The van der Waals surface area contributed by atoms with Gasteiger partial charge < -0.3 is 14.8 Å². The van der Waals surface area contributed by atoms with Crippen molar-refractivity contribution in [2.75, 3.05) is 31.1 Å². The van der Waals surface area contributed by atoms with Gasteiger partial charge in [-0.25, -0.2) is 9.97 Å². The van der Waals surface area contributed by atoms with Crippen LogP contribution < -0.4 is 4.90 Å². The second-order valence-electron chi connectivity index (χ2n) is 9.22. The summed E-state index contributed by atoms with van der Waals surface area (Å²) in [6.45, 7) is 7.20. The van der Waals surface area contributed by atoms with E-state index in [1.54, 1.807) is 6.33 Å². The number of rotatable bonds is 3. The molecular weight excluding hydrogens is 398 g/mol. The maximum atomic E-state index is 13.6. The number of halogens is 1. The Morgan fingerprint density at radius 3 is 2.60 bits per heavy atom. The zero-order valence-electron chi connectivity index (χ0n) is 17.4. The number of nitrogens with zero attached hydrogens (tertiary/aromatic N) is 4. The first kappa shape index (κ1) is 19.4. The van der Waals surface area contributed by atoms with Gasteiger partial charge in [0.25, 0.3) is 0 Å². The van der Waals surface area contributed by atoms with Crippen molar-refractivity contribution < 1.29 is 4.79 Å². The first-order chi connectivity index (χ1) is 14.4. The first-order valence-corrected chi connectivity index (χ1v) is 10.8. The average Bonchev–Trinajstić information content (AvgIpc) is 3.38. The summed E-state index contributed by atoms with van der Waals surface area (Å²) in [4.78, 5) is 30.1. The van der Waals surface area contributed by atoms with Crippen molar-refractivity contribution in [3.63, 3.8) is 0 Å². The number of H-pyrrole nitrogens is 1. The van der Waals surface area contributed by atoms with Gasteiger partial charge in [-0.3, -0.25) is 4.79 Å². The van der Waals surface area contributed by atoms with Gasteiger partial charge >= 0.3 is 0 Å². The number of fused-ring (bicyclic) bond motifs is 1. The Bertz CT molecular complexity index is 1090. The van der Waals surface area contributed by atoms with Crippen LogP contribution in [0.4, 0.5) is 5.82 Å². The largest absolute Gasteiger partial charge is 0.354 e. The third kappa shape index (κ3) is 3.33. The van der Waals surface area contributed by atoms with Gasteiger partial charge in [0.2, 0.25) is 5.91 Å². The highest BCUT2D eigenvalue weighted by Crippen LogP contribution is 2.49. The van der Waals surface area contributed by atoms with Gasteiger partial charge in [0, 0.05) is 42.8 Å². The van der Waals surface area contributed by atoms with E-state index in [0.717, 1.165) is 54.9 Å². The number of amides is 1. The molecule has 1 saturated heterocycles. The Labute approximate surface area is 181 Å². The molecular formula is C23H26ClN5O.